The summed E-state index contributed by atoms with van der Waals surface area (Å²) in [6.45, 7) is 0. The van der Waals surface area contributed by atoms with Gasteiger partial charge in [-0.2, -0.15) is 0 Å². The van der Waals surface area contributed by atoms with E-state index in [1.807, 2.05) is 0 Å². The maximum Gasteiger partial charge on any atom is 0.146 e. The van der Waals surface area contributed by atoms with Gasteiger partial charge in [-0.1, -0.05) is 0 Å². The van der Waals surface area contributed by atoms with Crippen LogP contribution in [0.15, 0.2) is 18.5 Å². The topological polar surface area (TPSA) is 48.1 Å². The Morgan fingerprint density at radius 2 is 2.33 bits per heavy atom. The van der Waals surface area contributed by atoms with E-state index >= 15 is 0 Å². The number of ether oxygens (including phenoxy) is 1. The van der Waals surface area contributed by atoms with Crippen molar-refractivity contribution in [3.63, 3.8) is 0 Å². The third-order valence-electron chi connectivity index (χ3n) is 3.31. The minimum atomic E-state index is -0.403. The predicted molar refractivity (Wildman–Crippen MR) is 54.7 cm³/mol. The summed E-state index contributed by atoms with van der Waals surface area (Å²) < 4.78 is 18.9. The molecule has 1 heterocycles. The van der Waals surface area contributed by atoms with E-state index in [0.717, 1.165) is 19.3 Å². The van der Waals surface area contributed by atoms with Crippen LogP contribution in [0.4, 0.5) is 4.39 Å². The number of halogens is 1. The zero-order chi connectivity index (χ0) is 10.9. The summed E-state index contributed by atoms with van der Waals surface area (Å²) in [5.74, 6) is -0.353. The summed E-state index contributed by atoms with van der Waals surface area (Å²) in [5.41, 5.74) is 6.17. The average Bonchev–Trinajstić information content (AvgIpc) is 2.17. The molecule has 0 aliphatic heterocycles. The Kier molecular flexibility index (Phi) is 2.71. The first kappa shape index (κ1) is 10.5. The first-order chi connectivity index (χ1) is 7.19. The fourth-order valence-electron chi connectivity index (χ4n) is 2.09. The molecule has 4 heteroatoms. The van der Waals surface area contributed by atoms with Gasteiger partial charge in [-0.25, -0.2) is 4.39 Å². The Morgan fingerprint density at radius 1 is 1.60 bits per heavy atom. The highest BCUT2D eigenvalue weighted by molar-refractivity contribution is 5.22. The minimum absolute atomic E-state index is 0.353. The van der Waals surface area contributed by atoms with Crippen LogP contribution in [0.3, 0.4) is 0 Å². The molecule has 1 unspecified atom stereocenters. The van der Waals surface area contributed by atoms with Crippen molar-refractivity contribution in [2.75, 3.05) is 7.11 Å². The van der Waals surface area contributed by atoms with Crippen LogP contribution in [0.1, 0.15) is 30.9 Å². The summed E-state index contributed by atoms with van der Waals surface area (Å²) in [6, 6.07) is 1.22. The van der Waals surface area contributed by atoms with Gasteiger partial charge >= 0.3 is 0 Å². The largest absolute Gasteiger partial charge is 0.376 e. The molecular weight excluding hydrogens is 195 g/mol. The van der Waals surface area contributed by atoms with E-state index < -0.39 is 6.04 Å². The van der Waals surface area contributed by atoms with E-state index in [-0.39, 0.29) is 11.4 Å². The molecule has 15 heavy (non-hydrogen) atoms. The molecule has 0 bridgehead atoms. The van der Waals surface area contributed by atoms with Crippen LogP contribution in [-0.2, 0) is 4.74 Å². The molecule has 1 atom stereocenters. The summed E-state index contributed by atoms with van der Waals surface area (Å²) in [7, 11) is 1.64. The number of nitrogens with two attached hydrogens (primary N) is 1. The van der Waals surface area contributed by atoms with E-state index in [1.165, 1.54) is 6.20 Å². The quantitative estimate of drug-likeness (QED) is 0.827. The van der Waals surface area contributed by atoms with Gasteiger partial charge in [0, 0.05) is 18.9 Å². The predicted octanol–water partition coefficient (Wildman–Crippen LogP) is 1.79. The molecule has 1 aliphatic rings. The lowest BCUT2D eigenvalue weighted by Crippen LogP contribution is -2.48. The number of methoxy groups -OCH3 is 1. The fourth-order valence-corrected chi connectivity index (χ4v) is 2.09. The van der Waals surface area contributed by atoms with Crippen molar-refractivity contribution in [2.24, 2.45) is 5.73 Å². The van der Waals surface area contributed by atoms with Crippen molar-refractivity contribution in [1.29, 1.82) is 0 Å². The normalized spacial score (nSPS) is 20.7. The van der Waals surface area contributed by atoms with Crippen LogP contribution >= 0.6 is 0 Å². The molecule has 0 radical (unpaired) electrons. The Balaban J connectivity index is 2.27. The maximum atomic E-state index is 13.5. The lowest BCUT2D eigenvalue weighted by molar-refractivity contribution is -0.0917. The van der Waals surface area contributed by atoms with Crippen LogP contribution in [0.5, 0.6) is 0 Å². The molecule has 2 rings (SSSR count). The van der Waals surface area contributed by atoms with E-state index in [9.17, 15) is 4.39 Å². The highest BCUT2D eigenvalue weighted by Crippen LogP contribution is 2.43. The average molecular weight is 210 g/mol. The van der Waals surface area contributed by atoms with Crippen LogP contribution in [-0.4, -0.2) is 17.7 Å². The Labute approximate surface area is 88.5 Å². The molecular formula is C11H15FN2O. The number of pyridine rings is 1. The van der Waals surface area contributed by atoms with Crippen molar-refractivity contribution in [2.45, 2.75) is 30.9 Å². The molecule has 0 amide bonds. The molecule has 0 saturated heterocycles. The first-order valence-corrected chi connectivity index (χ1v) is 5.10. The Hall–Kier alpha value is -1.00. The van der Waals surface area contributed by atoms with E-state index in [1.54, 1.807) is 19.4 Å². The highest BCUT2D eigenvalue weighted by atomic mass is 19.1. The molecule has 2 N–H and O–H groups in total. The Morgan fingerprint density at radius 3 is 2.80 bits per heavy atom. The summed E-state index contributed by atoms with van der Waals surface area (Å²) in [6.07, 6.45) is 5.63. The SMILES string of the molecule is COC1(C(N)c2ccncc2F)CCC1. The zero-order valence-electron chi connectivity index (χ0n) is 8.74. The molecule has 1 aliphatic carbocycles. The van der Waals surface area contributed by atoms with Crippen molar-refractivity contribution in [3.05, 3.63) is 29.8 Å². The summed E-state index contributed by atoms with van der Waals surface area (Å²) in [5, 5.41) is 0. The van der Waals surface area contributed by atoms with Crippen LogP contribution < -0.4 is 5.73 Å². The van der Waals surface area contributed by atoms with Crippen molar-refractivity contribution >= 4 is 0 Å². The van der Waals surface area contributed by atoms with Gasteiger partial charge in [-0.15, -0.1) is 0 Å². The van der Waals surface area contributed by atoms with Crippen LogP contribution in [0.2, 0.25) is 0 Å². The first-order valence-electron chi connectivity index (χ1n) is 5.10. The van der Waals surface area contributed by atoms with Crippen LogP contribution in [0, 0.1) is 5.82 Å². The second-order valence-corrected chi connectivity index (χ2v) is 4.00. The van der Waals surface area contributed by atoms with Crippen molar-refractivity contribution in [1.82, 2.24) is 4.98 Å². The number of hydrogen-bond acceptors (Lipinski definition) is 3. The van der Waals surface area contributed by atoms with E-state index in [2.05, 4.69) is 4.98 Å². The number of nitrogens with zero attached hydrogens (tertiary/aromatic N) is 1. The minimum Gasteiger partial charge on any atom is -0.376 e. The van der Waals surface area contributed by atoms with Gasteiger partial charge in [0.05, 0.1) is 17.8 Å². The molecule has 1 saturated carbocycles. The molecule has 1 aromatic heterocycles. The smallest absolute Gasteiger partial charge is 0.146 e. The molecule has 3 nitrogen and oxygen atoms in total. The van der Waals surface area contributed by atoms with E-state index in [4.69, 9.17) is 10.5 Å². The van der Waals surface area contributed by atoms with Crippen molar-refractivity contribution in [3.8, 4) is 0 Å². The number of hydrogen-bond donors (Lipinski definition) is 1. The van der Waals surface area contributed by atoms with Gasteiger partial charge < -0.3 is 10.5 Å². The lowest BCUT2D eigenvalue weighted by Gasteiger charge is -2.45. The van der Waals surface area contributed by atoms with Gasteiger partial charge in [0.2, 0.25) is 0 Å². The van der Waals surface area contributed by atoms with Gasteiger partial charge in [0.25, 0.3) is 0 Å². The van der Waals surface area contributed by atoms with Gasteiger partial charge in [0.15, 0.2) is 0 Å². The summed E-state index contributed by atoms with van der Waals surface area (Å²) >= 11 is 0. The second kappa shape index (κ2) is 3.87. The van der Waals surface area contributed by atoms with E-state index in [0.29, 0.717) is 5.56 Å². The highest BCUT2D eigenvalue weighted by Gasteiger charge is 2.44. The zero-order valence-corrected chi connectivity index (χ0v) is 8.74. The monoisotopic (exact) mass is 210 g/mol. The molecule has 0 aromatic carbocycles. The van der Waals surface area contributed by atoms with Gasteiger partial charge in [-0.3, -0.25) is 4.98 Å². The Bertz CT molecular complexity index is 347. The summed E-state index contributed by atoms with van der Waals surface area (Å²) in [4.78, 5) is 3.71. The third-order valence-corrected chi connectivity index (χ3v) is 3.31. The molecule has 0 spiro atoms. The third kappa shape index (κ3) is 1.64. The molecule has 82 valence electrons. The van der Waals surface area contributed by atoms with Gasteiger partial charge in [0.1, 0.15) is 5.82 Å². The fraction of sp³-hybridized carbons (Fsp3) is 0.545. The number of aromatic nitrogens is 1. The van der Waals surface area contributed by atoms with Crippen LogP contribution in [0.25, 0.3) is 0 Å². The standard InChI is InChI=1S/C11H15FN2O/c1-15-11(4-2-5-11)10(13)8-3-6-14-7-9(8)12/h3,6-7,10H,2,4-5,13H2,1H3. The van der Waals surface area contributed by atoms with Crippen molar-refractivity contribution < 1.29 is 9.13 Å². The molecule has 1 aromatic rings. The van der Waals surface area contributed by atoms with Gasteiger partial charge in [-0.05, 0) is 25.3 Å². The maximum absolute atomic E-state index is 13.5. The second-order valence-electron chi connectivity index (χ2n) is 4.00. The molecule has 1 fully saturated rings. The number of rotatable bonds is 3. The lowest BCUT2D eigenvalue weighted by atomic mass is 9.72.